The summed E-state index contributed by atoms with van der Waals surface area (Å²) in [6.45, 7) is 7.26. The Morgan fingerprint density at radius 1 is 1.24 bits per heavy atom. The van der Waals surface area contributed by atoms with Gasteiger partial charge in [-0.1, -0.05) is 0 Å². The van der Waals surface area contributed by atoms with Gasteiger partial charge in [0.2, 0.25) is 0 Å². The molecule has 1 spiro atoms. The number of likely N-dealkylation sites (tertiary alicyclic amines) is 2. The molecule has 0 bridgehead atoms. The fourth-order valence-corrected chi connectivity index (χ4v) is 5.55. The average molecular weight is 403 g/mol. The average Bonchev–Trinajstić information content (AvgIpc) is 3.50. The van der Waals surface area contributed by atoms with E-state index in [-0.39, 0.29) is 11.4 Å². The van der Waals surface area contributed by atoms with Gasteiger partial charge in [-0.3, -0.25) is 14.4 Å². The number of ether oxygens (including phenoxy) is 2. The van der Waals surface area contributed by atoms with Crippen LogP contribution in [-0.2, 0) is 16.5 Å². The summed E-state index contributed by atoms with van der Waals surface area (Å²) in [6, 6.07) is 2.44. The van der Waals surface area contributed by atoms with E-state index >= 15 is 0 Å². The van der Waals surface area contributed by atoms with Crippen LogP contribution in [0.2, 0.25) is 0 Å². The second-order valence-electron chi connectivity index (χ2n) is 9.45. The van der Waals surface area contributed by atoms with Gasteiger partial charge in [0, 0.05) is 52.5 Å². The van der Waals surface area contributed by atoms with E-state index in [1.54, 1.807) is 4.68 Å². The molecule has 3 aliphatic heterocycles. The van der Waals surface area contributed by atoms with Crippen LogP contribution in [0.3, 0.4) is 0 Å². The lowest BCUT2D eigenvalue weighted by Crippen LogP contribution is -2.76. The molecule has 7 nitrogen and oxygen atoms in total. The van der Waals surface area contributed by atoms with Crippen molar-refractivity contribution in [2.75, 3.05) is 39.5 Å². The number of piperidine rings is 1. The fourth-order valence-electron chi connectivity index (χ4n) is 5.55. The largest absolute Gasteiger partial charge is 0.381 e. The Hall–Kier alpha value is -1.44. The summed E-state index contributed by atoms with van der Waals surface area (Å²) >= 11 is 0. The quantitative estimate of drug-likeness (QED) is 0.754. The summed E-state index contributed by atoms with van der Waals surface area (Å²) in [5.41, 5.74) is 1.76. The molecule has 1 saturated carbocycles. The predicted octanol–water partition coefficient (Wildman–Crippen LogP) is 1.99. The van der Waals surface area contributed by atoms with Crippen LogP contribution < -0.4 is 0 Å². The van der Waals surface area contributed by atoms with Crippen molar-refractivity contribution in [3.63, 3.8) is 0 Å². The van der Waals surface area contributed by atoms with Crippen molar-refractivity contribution in [3.8, 4) is 0 Å². The topological polar surface area (TPSA) is 59.8 Å². The molecule has 1 amide bonds. The van der Waals surface area contributed by atoms with Crippen molar-refractivity contribution in [1.29, 1.82) is 0 Å². The minimum Gasteiger partial charge on any atom is -0.381 e. The highest BCUT2D eigenvalue weighted by Crippen LogP contribution is 2.45. The van der Waals surface area contributed by atoms with Crippen LogP contribution in [0, 0.1) is 12.8 Å². The molecule has 0 N–H and O–H groups in total. The van der Waals surface area contributed by atoms with Gasteiger partial charge in [0.25, 0.3) is 5.91 Å². The Balaban J connectivity index is 1.21. The molecule has 4 aliphatic rings. The first kappa shape index (κ1) is 19.5. The number of carbonyl (C=O) groups is 1. The maximum absolute atomic E-state index is 12.9. The van der Waals surface area contributed by atoms with Gasteiger partial charge in [-0.25, -0.2) is 0 Å². The van der Waals surface area contributed by atoms with E-state index in [0.717, 1.165) is 76.8 Å². The number of hydrogen-bond donors (Lipinski definition) is 0. The lowest BCUT2D eigenvalue weighted by atomic mass is 9.73. The molecule has 4 heterocycles. The van der Waals surface area contributed by atoms with Crippen molar-refractivity contribution >= 4 is 5.91 Å². The van der Waals surface area contributed by atoms with Crippen LogP contribution in [0.1, 0.15) is 54.7 Å². The van der Waals surface area contributed by atoms with Gasteiger partial charge >= 0.3 is 0 Å². The monoisotopic (exact) mass is 402 g/mol. The third kappa shape index (κ3) is 3.62. The third-order valence-corrected chi connectivity index (χ3v) is 7.54. The Labute approximate surface area is 173 Å². The molecule has 1 aromatic rings. The molecular weight excluding hydrogens is 368 g/mol. The summed E-state index contributed by atoms with van der Waals surface area (Å²) in [4.78, 5) is 17.6. The maximum atomic E-state index is 12.9. The third-order valence-electron chi connectivity index (χ3n) is 7.54. The Morgan fingerprint density at radius 2 is 1.97 bits per heavy atom. The van der Waals surface area contributed by atoms with Crippen LogP contribution in [0.4, 0.5) is 0 Å². The van der Waals surface area contributed by atoms with E-state index in [9.17, 15) is 4.79 Å². The van der Waals surface area contributed by atoms with Gasteiger partial charge in [0.1, 0.15) is 5.69 Å². The number of amides is 1. The molecule has 7 heteroatoms. The highest BCUT2D eigenvalue weighted by atomic mass is 16.5. The molecular formula is C22H34N4O3. The van der Waals surface area contributed by atoms with E-state index < -0.39 is 0 Å². The van der Waals surface area contributed by atoms with Gasteiger partial charge in [-0.05, 0) is 57.4 Å². The van der Waals surface area contributed by atoms with E-state index in [0.29, 0.717) is 17.8 Å². The van der Waals surface area contributed by atoms with Gasteiger partial charge in [-0.15, -0.1) is 0 Å². The molecule has 29 heavy (non-hydrogen) atoms. The minimum absolute atomic E-state index is 0.113. The number of rotatable bonds is 5. The molecule has 0 radical (unpaired) electrons. The molecule has 1 aromatic heterocycles. The Morgan fingerprint density at radius 3 is 2.59 bits per heavy atom. The van der Waals surface area contributed by atoms with Crippen LogP contribution in [0.5, 0.6) is 0 Å². The van der Waals surface area contributed by atoms with E-state index in [1.807, 2.05) is 24.9 Å². The molecule has 160 valence electrons. The Bertz CT molecular complexity index is 745. The zero-order chi connectivity index (χ0) is 20.0. The molecule has 3 saturated heterocycles. The zero-order valence-corrected chi connectivity index (χ0v) is 17.8. The zero-order valence-electron chi connectivity index (χ0n) is 17.8. The fraction of sp³-hybridized carbons (Fsp3) is 0.818. The summed E-state index contributed by atoms with van der Waals surface area (Å²) in [5.74, 6) is 0.924. The van der Waals surface area contributed by atoms with Gasteiger partial charge < -0.3 is 14.4 Å². The second kappa shape index (κ2) is 7.67. The number of carbonyl (C=O) groups excluding carboxylic acids is 1. The van der Waals surface area contributed by atoms with Crippen molar-refractivity contribution in [1.82, 2.24) is 19.6 Å². The normalized spacial score (nSPS) is 27.9. The van der Waals surface area contributed by atoms with Crippen LogP contribution in [0.15, 0.2) is 6.07 Å². The van der Waals surface area contributed by atoms with E-state index in [4.69, 9.17) is 9.47 Å². The molecule has 5 rings (SSSR count). The predicted molar refractivity (Wildman–Crippen MR) is 109 cm³/mol. The number of aromatic nitrogens is 2. The minimum atomic E-state index is 0.113. The summed E-state index contributed by atoms with van der Waals surface area (Å²) in [7, 11) is 1.85. The highest BCUT2D eigenvalue weighted by Gasteiger charge is 2.57. The summed E-state index contributed by atoms with van der Waals surface area (Å²) in [6.07, 6.45) is 7.29. The molecule has 1 atom stereocenters. The van der Waals surface area contributed by atoms with Crippen molar-refractivity contribution in [3.05, 3.63) is 17.5 Å². The molecule has 1 unspecified atom stereocenters. The number of aryl methyl sites for hydroxylation is 2. The lowest BCUT2D eigenvalue weighted by Gasteiger charge is -2.63. The van der Waals surface area contributed by atoms with Crippen molar-refractivity contribution in [2.45, 2.75) is 63.1 Å². The smallest absolute Gasteiger partial charge is 0.272 e. The lowest BCUT2D eigenvalue weighted by molar-refractivity contribution is -0.217. The SMILES string of the molecule is Cc1cc(C(=O)N2CCC(N3CC(OCC4CC4)C34CCOCC4)CC2)n(C)n1. The van der Waals surface area contributed by atoms with Crippen LogP contribution in [-0.4, -0.2) is 82.6 Å². The van der Waals surface area contributed by atoms with Gasteiger partial charge in [0.15, 0.2) is 0 Å². The van der Waals surface area contributed by atoms with Crippen LogP contribution >= 0.6 is 0 Å². The molecule has 1 aliphatic carbocycles. The first-order valence-corrected chi connectivity index (χ1v) is 11.3. The van der Waals surface area contributed by atoms with Crippen molar-refractivity contribution < 1.29 is 14.3 Å². The molecule has 4 fully saturated rings. The summed E-state index contributed by atoms with van der Waals surface area (Å²) < 4.78 is 13.8. The van der Waals surface area contributed by atoms with Crippen LogP contribution in [0.25, 0.3) is 0 Å². The van der Waals surface area contributed by atoms with Crippen molar-refractivity contribution in [2.24, 2.45) is 13.0 Å². The molecule has 0 aromatic carbocycles. The summed E-state index contributed by atoms with van der Waals surface area (Å²) in [5, 5.41) is 4.33. The second-order valence-corrected chi connectivity index (χ2v) is 9.45. The highest BCUT2D eigenvalue weighted by molar-refractivity contribution is 5.92. The van der Waals surface area contributed by atoms with Gasteiger partial charge in [0.05, 0.1) is 17.3 Å². The van der Waals surface area contributed by atoms with E-state index in [2.05, 4.69) is 10.00 Å². The maximum Gasteiger partial charge on any atom is 0.272 e. The first-order chi connectivity index (χ1) is 14.1. The number of hydrogen-bond acceptors (Lipinski definition) is 5. The Kier molecular flexibility index (Phi) is 5.16. The van der Waals surface area contributed by atoms with E-state index in [1.165, 1.54) is 12.8 Å². The van der Waals surface area contributed by atoms with Gasteiger partial charge in [-0.2, -0.15) is 5.10 Å². The number of nitrogens with zero attached hydrogens (tertiary/aromatic N) is 4. The standard InChI is InChI=1S/C22H34N4O3/c1-16-13-19(24(2)23-16)21(27)25-9-5-18(6-10-25)26-14-20(29-15-17-3-4-17)22(26)7-11-28-12-8-22/h13,17-18,20H,3-12,14-15H2,1-2H3. The first-order valence-electron chi connectivity index (χ1n) is 11.3.